The van der Waals surface area contributed by atoms with Crippen LogP contribution < -0.4 is 10.6 Å². The first-order valence-electron chi connectivity index (χ1n) is 6.30. The maximum absolute atomic E-state index is 11.8. The number of guanidine groups is 1. The lowest BCUT2D eigenvalue weighted by molar-refractivity contribution is 0.595. The minimum Gasteiger partial charge on any atom is -0.354 e. The van der Waals surface area contributed by atoms with Crippen LogP contribution >= 0.6 is 0 Å². The van der Waals surface area contributed by atoms with Crippen LogP contribution in [0.5, 0.6) is 0 Å². The van der Waals surface area contributed by atoms with Crippen molar-refractivity contribution in [2.45, 2.75) is 0 Å². The fourth-order valence-electron chi connectivity index (χ4n) is 2.26. The highest BCUT2D eigenvalue weighted by Gasteiger charge is 2.15. The van der Waals surface area contributed by atoms with Crippen molar-refractivity contribution in [1.82, 2.24) is 9.29 Å². The molecule has 1 aromatic carbocycles. The number of aromatic nitrogens is 1. The van der Waals surface area contributed by atoms with Crippen molar-refractivity contribution in [1.29, 1.82) is 5.26 Å². The molecule has 21 heavy (non-hydrogen) atoms. The quantitative estimate of drug-likeness (QED) is 0.850. The highest BCUT2D eigenvalue weighted by Crippen LogP contribution is 2.25. The van der Waals surface area contributed by atoms with E-state index in [0.29, 0.717) is 34.7 Å². The van der Waals surface area contributed by atoms with E-state index in [1.54, 1.807) is 18.2 Å². The molecule has 2 aromatic rings. The number of fused-ring (bicyclic) bond motifs is 1. The van der Waals surface area contributed by atoms with Gasteiger partial charge in [-0.05, 0) is 18.2 Å². The molecule has 1 aliphatic heterocycles. The van der Waals surface area contributed by atoms with Crippen LogP contribution in [-0.4, -0.2) is 37.7 Å². The van der Waals surface area contributed by atoms with E-state index in [1.165, 1.54) is 6.20 Å². The highest BCUT2D eigenvalue weighted by molar-refractivity contribution is 7.89. The smallest absolute Gasteiger partial charge is 0.236 e. The molecule has 0 saturated carbocycles. The van der Waals surface area contributed by atoms with Crippen LogP contribution in [0, 0.1) is 11.3 Å². The van der Waals surface area contributed by atoms with Gasteiger partial charge in [0, 0.05) is 23.8 Å². The molecule has 0 amide bonds. The van der Waals surface area contributed by atoms with Crippen molar-refractivity contribution in [3.05, 3.63) is 30.0 Å². The fraction of sp³-hybridized carbons (Fsp3) is 0.231. The van der Waals surface area contributed by atoms with Crippen LogP contribution in [0.4, 0.5) is 5.69 Å². The average molecular weight is 303 g/mol. The molecule has 1 aliphatic rings. The van der Waals surface area contributed by atoms with Gasteiger partial charge in [-0.15, -0.1) is 0 Å². The third kappa shape index (κ3) is 2.43. The van der Waals surface area contributed by atoms with Crippen molar-refractivity contribution < 1.29 is 8.42 Å². The Morgan fingerprint density at radius 2 is 2.29 bits per heavy atom. The van der Waals surface area contributed by atoms with Crippen LogP contribution in [0.1, 0.15) is 5.56 Å². The third-order valence-electron chi connectivity index (χ3n) is 3.19. The van der Waals surface area contributed by atoms with Crippen LogP contribution in [0.25, 0.3) is 10.9 Å². The Hall–Kier alpha value is -2.53. The Morgan fingerprint density at radius 1 is 1.48 bits per heavy atom. The summed E-state index contributed by atoms with van der Waals surface area (Å²) in [7, 11) is -3.47. The van der Waals surface area contributed by atoms with Gasteiger partial charge in [0.25, 0.3) is 0 Å². The van der Waals surface area contributed by atoms with Gasteiger partial charge in [0.15, 0.2) is 5.96 Å². The molecule has 2 heterocycles. The molecule has 0 atom stereocenters. The highest BCUT2D eigenvalue weighted by atomic mass is 32.2. The minimum absolute atomic E-state index is 0.332. The predicted octanol–water partition coefficient (Wildman–Crippen LogP) is 0.692. The molecule has 0 unspecified atom stereocenters. The van der Waals surface area contributed by atoms with Crippen molar-refractivity contribution in [2.75, 3.05) is 24.7 Å². The average Bonchev–Trinajstić information content (AvgIpc) is 3.04. The van der Waals surface area contributed by atoms with Crippen LogP contribution in [-0.2, 0) is 10.0 Å². The van der Waals surface area contributed by atoms with Gasteiger partial charge in [-0.25, -0.2) is 12.4 Å². The first kappa shape index (κ1) is 13.5. The lowest BCUT2D eigenvalue weighted by atomic mass is 10.2. The summed E-state index contributed by atoms with van der Waals surface area (Å²) in [5, 5.41) is 15.9. The normalized spacial score (nSPS) is 14.6. The molecule has 8 heteroatoms. The Kier molecular flexibility index (Phi) is 3.07. The molecule has 0 spiro atoms. The van der Waals surface area contributed by atoms with E-state index in [-0.39, 0.29) is 0 Å². The summed E-state index contributed by atoms with van der Waals surface area (Å²) >= 11 is 0. The molecule has 0 aliphatic carbocycles. The van der Waals surface area contributed by atoms with E-state index in [9.17, 15) is 8.42 Å². The summed E-state index contributed by atoms with van der Waals surface area (Å²) in [5.41, 5.74) is 1.51. The van der Waals surface area contributed by atoms with Crippen molar-refractivity contribution in [2.24, 2.45) is 4.99 Å². The number of benzene rings is 1. The van der Waals surface area contributed by atoms with Crippen molar-refractivity contribution in [3.8, 4) is 6.07 Å². The van der Waals surface area contributed by atoms with E-state index >= 15 is 0 Å². The predicted molar refractivity (Wildman–Crippen MR) is 80.8 cm³/mol. The number of nitrogens with one attached hydrogen (secondary N) is 2. The molecular weight excluding hydrogens is 290 g/mol. The van der Waals surface area contributed by atoms with E-state index < -0.39 is 10.0 Å². The minimum atomic E-state index is -3.47. The first-order valence-corrected chi connectivity index (χ1v) is 8.15. The maximum atomic E-state index is 11.8. The Balaban J connectivity index is 2.13. The van der Waals surface area contributed by atoms with Gasteiger partial charge in [-0.2, -0.15) is 5.26 Å². The molecule has 0 radical (unpaired) electrons. The number of nitriles is 1. The van der Waals surface area contributed by atoms with Gasteiger partial charge in [0.05, 0.1) is 23.9 Å². The maximum Gasteiger partial charge on any atom is 0.236 e. The second-order valence-electron chi connectivity index (χ2n) is 4.73. The summed E-state index contributed by atoms with van der Waals surface area (Å²) in [6.45, 7) is 1.49. The van der Waals surface area contributed by atoms with Crippen LogP contribution in [0.2, 0.25) is 0 Å². The molecule has 108 valence electrons. The number of aliphatic imine (C=N–C) groups is 1. The van der Waals surface area contributed by atoms with Crippen LogP contribution in [0.15, 0.2) is 29.4 Å². The second-order valence-corrected chi connectivity index (χ2v) is 6.59. The zero-order chi connectivity index (χ0) is 15.0. The molecule has 1 aromatic heterocycles. The van der Waals surface area contributed by atoms with Crippen LogP contribution in [0.3, 0.4) is 0 Å². The van der Waals surface area contributed by atoms with Gasteiger partial charge in [-0.3, -0.25) is 4.99 Å². The summed E-state index contributed by atoms with van der Waals surface area (Å²) in [6.07, 6.45) is 2.45. The third-order valence-corrected chi connectivity index (χ3v) is 4.20. The molecule has 7 nitrogen and oxygen atoms in total. The standard InChI is InChI=1S/C13H13N5O2S/c1-21(19,20)18-8-9(7-14)11-3-2-10(6-12(11)18)17-13-15-4-5-16-13/h2-3,6,8H,4-5H2,1H3,(H2,15,16,17). The molecule has 0 bridgehead atoms. The summed E-state index contributed by atoms with van der Waals surface area (Å²) in [6, 6.07) is 7.23. The van der Waals surface area contributed by atoms with Gasteiger partial charge in [0.1, 0.15) is 6.07 Å². The summed E-state index contributed by atoms with van der Waals surface area (Å²) in [5.74, 6) is 0.660. The number of nitrogens with zero attached hydrogens (tertiary/aromatic N) is 3. The van der Waals surface area contributed by atoms with E-state index in [2.05, 4.69) is 15.6 Å². The Labute approximate surface area is 121 Å². The topological polar surface area (TPSA) is 99.3 Å². The zero-order valence-electron chi connectivity index (χ0n) is 11.3. The Morgan fingerprint density at radius 3 is 2.90 bits per heavy atom. The molecule has 3 rings (SSSR count). The van der Waals surface area contributed by atoms with Gasteiger partial charge in [-0.1, -0.05) is 0 Å². The number of rotatable bonds is 2. The Bertz CT molecular complexity index is 889. The number of anilines is 1. The lowest BCUT2D eigenvalue weighted by Gasteiger charge is -2.08. The van der Waals surface area contributed by atoms with Crippen molar-refractivity contribution >= 4 is 32.6 Å². The van der Waals surface area contributed by atoms with E-state index in [1.807, 2.05) is 6.07 Å². The largest absolute Gasteiger partial charge is 0.354 e. The monoisotopic (exact) mass is 303 g/mol. The summed E-state index contributed by atoms with van der Waals surface area (Å²) < 4.78 is 24.8. The van der Waals surface area contributed by atoms with Gasteiger partial charge >= 0.3 is 0 Å². The number of hydrogen-bond acceptors (Lipinski definition) is 6. The van der Waals surface area contributed by atoms with E-state index in [0.717, 1.165) is 16.8 Å². The molecule has 2 N–H and O–H groups in total. The summed E-state index contributed by atoms with van der Waals surface area (Å²) in [4.78, 5) is 4.22. The SMILES string of the molecule is CS(=O)(=O)n1cc(C#N)c2ccc(NC3=NCCN3)cc21. The second kappa shape index (κ2) is 4.79. The fourth-order valence-corrected chi connectivity index (χ4v) is 3.06. The molecule has 0 saturated heterocycles. The zero-order valence-corrected chi connectivity index (χ0v) is 12.1. The lowest BCUT2D eigenvalue weighted by Crippen LogP contribution is -2.26. The molecular formula is C13H13N5O2S. The van der Waals surface area contributed by atoms with Gasteiger partial charge < -0.3 is 10.6 Å². The van der Waals surface area contributed by atoms with Gasteiger partial charge in [0.2, 0.25) is 10.0 Å². The number of hydrogen-bond donors (Lipinski definition) is 2. The molecule has 0 fully saturated rings. The van der Waals surface area contributed by atoms with Crippen molar-refractivity contribution in [3.63, 3.8) is 0 Å². The van der Waals surface area contributed by atoms with E-state index in [4.69, 9.17) is 5.26 Å². The first-order chi connectivity index (χ1) is 9.99.